The Kier molecular flexibility index (Phi) is 7.50. The molecule has 0 aliphatic rings. The molecule has 4 nitrogen and oxygen atoms in total. The van der Waals surface area contributed by atoms with Crippen LogP contribution in [0.1, 0.15) is 53.0 Å². The molecule has 0 aliphatic carbocycles. The highest BCUT2D eigenvalue weighted by Gasteiger charge is 2.39. The zero-order valence-electron chi connectivity index (χ0n) is 15.5. The van der Waals surface area contributed by atoms with E-state index in [0.717, 1.165) is 12.0 Å². The average Bonchev–Trinajstić information content (AvgIpc) is 2.46. The molecular formula is C18H30O4S2. The summed E-state index contributed by atoms with van der Waals surface area (Å²) in [5.41, 5.74) is 0.985. The molecule has 0 fully saturated rings. The second kappa shape index (κ2) is 8.50. The lowest BCUT2D eigenvalue weighted by molar-refractivity contribution is -0.116. The number of carbonyl (C=O) groups is 1. The molecule has 0 atom stereocenters. The first-order valence-electron chi connectivity index (χ1n) is 8.38. The van der Waals surface area contributed by atoms with Crippen LogP contribution in [0.2, 0.25) is 0 Å². The third kappa shape index (κ3) is 5.07. The molecule has 0 saturated heterocycles. The maximum atomic E-state index is 12.8. The van der Waals surface area contributed by atoms with Gasteiger partial charge >= 0.3 is 10.1 Å². The van der Waals surface area contributed by atoms with E-state index in [1.807, 2.05) is 41.5 Å². The Morgan fingerprint density at radius 3 is 1.96 bits per heavy atom. The van der Waals surface area contributed by atoms with Crippen LogP contribution in [0.5, 0.6) is 0 Å². The van der Waals surface area contributed by atoms with Crippen LogP contribution >= 0.6 is 10.3 Å². The van der Waals surface area contributed by atoms with Crippen molar-refractivity contribution in [3.8, 4) is 0 Å². The van der Waals surface area contributed by atoms with Crippen LogP contribution in [-0.4, -0.2) is 30.5 Å². The molecule has 1 rings (SSSR count). The van der Waals surface area contributed by atoms with Crippen LogP contribution in [0.15, 0.2) is 29.2 Å². The number of Topliss-reactive ketones (excluding diaryl/α,β-unsaturated/α-hetero) is 1. The average molecular weight is 375 g/mol. The highest BCUT2D eigenvalue weighted by Crippen LogP contribution is 2.59. The first-order chi connectivity index (χ1) is 11.0. The van der Waals surface area contributed by atoms with Gasteiger partial charge in [0.25, 0.3) is 0 Å². The van der Waals surface area contributed by atoms with Crippen molar-refractivity contribution in [2.75, 3.05) is 5.75 Å². The molecule has 0 N–H and O–H groups in total. The molecule has 0 amide bonds. The molecule has 24 heavy (non-hydrogen) atoms. The first kappa shape index (κ1) is 21.2. The molecule has 0 radical (unpaired) electrons. The fourth-order valence-corrected chi connectivity index (χ4v) is 8.54. The first-order valence-corrected chi connectivity index (χ1v) is 11.6. The van der Waals surface area contributed by atoms with E-state index >= 15 is 0 Å². The zero-order valence-corrected chi connectivity index (χ0v) is 17.2. The number of carbonyl (C=O) groups excluding carboxylic acids is 1. The molecule has 0 aliphatic heterocycles. The van der Waals surface area contributed by atoms with Gasteiger partial charge < -0.3 is 0 Å². The molecule has 1 aromatic rings. The van der Waals surface area contributed by atoms with Crippen molar-refractivity contribution in [1.82, 2.24) is 0 Å². The maximum absolute atomic E-state index is 12.8. The number of hydrogen-bond acceptors (Lipinski definition) is 4. The van der Waals surface area contributed by atoms with Crippen LogP contribution in [0, 0.1) is 6.92 Å². The zero-order chi connectivity index (χ0) is 18.5. The normalized spacial score (nSPS) is 13.5. The molecule has 0 heterocycles. The molecule has 1 aromatic carbocycles. The van der Waals surface area contributed by atoms with Gasteiger partial charge in [0.05, 0.1) is 10.6 Å². The van der Waals surface area contributed by atoms with Crippen molar-refractivity contribution in [1.29, 1.82) is 0 Å². The van der Waals surface area contributed by atoms with Gasteiger partial charge in [-0.15, -0.1) is 10.3 Å². The highest BCUT2D eigenvalue weighted by molar-refractivity contribution is 8.34. The largest absolute Gasteiger partial charge is 0.306 e. The van der Waals surface area contributed by atoms with Gasteiger partial charge in [-0.2, -0.15) is 8.42 Å². The maximum Gasteiger partial charge on any atom is 0.306 e. The summed E-state index contributed by atoms with van der Waals surface area (Å²) >= 11 is 0. The minimum atomic E-state index is -3.90. The fourth-order valence-electron chi connectivity index (χ4n) is 2.57. The third-order valence-electron chi connectivity index (χ3n) is 4.04. The predicted molar refractivity (Wildman–Crippen MR) is 102 cm³/mol. The van der Waals surface area contributed by atoms with Gasteiger partial charge in [0.1, 0.15) is 5.78 Å². The molecule has 0 saturated carbocycles. The number of hydrogen-bond donors (Lipinski definition) is 0. The van der Waals surface area contributed by atoms with Gasteiger partial charge in [-0.1, -0.05) is 52.3 Å². The molecule has 0 bridgehead atoms. The van der Waals surface area contributed by atoms with Crippen LogP contribution < -0.4 is 0 Å². The fraction of sp³-hybridized carbons (Fsp3) is 0.611. The minimum Gasteiger partial charge on any atom is -0.299 e. The second-order valence-electron chi connectivity index (χ2n) is 6.65. The third-order valence-corrected chi connectivity index (χ3v) is 10.6. The van der Waals surface area contributed by atoms with E-state index in [1.165, 1.54) is 0 Å². The summed E-state index contributed by atoms with van der Waals surface area (Å²) in [6.07, 6.45) is 1.22. The monoisotopic (exact) mass is 374 g/mol. The van der Waals surface area contributed by atoms with Gasteiger partial charge in [-0.3, -0.25) is 4.79 Å². The summed E-state index contributed by atoms with van der Waals surface area (Å²) in [5.74, 6) is 0.273. The van der Waals surface area contributed by atoms with Crippen molar-refractivity contribution in [2.24, 2.45) is 0 Å². The van der Waals surface area contributed by atoms with E-state index in [2.05, 4.69) is 0 Å². The Morgan fingerprint density at radius 1 is 1.04 bits per heavy atom. The molecule has 0 unspecified atom stereocenters. The second-order valence-corrected chi connectivity index (χ2v) is 12.3. The lowest BCUT2D eigenvalue weighted by atomic mass is 10.2. The van der Waals surface area contributed by atoms with E-state index < -0.39 is 20.4 Å². The summed E-state index contributed by atoms with van der Waals surface area (Å²) in [6.45, 7) is 11.6. The number of aryl methyl sites for hydroxylation is 1. The Labute approximate surface area is 148 Å². The highest BCUT2D eigenvalue weighted by atomic mass is 32.3. The Hall–Kier alpha value is -0.850. The van der Waals surface area contributed by atoms with Crippen LogP contribution in [-0.2, 0) is 18.5 Å². The van der Waals surface area contributed by atoms with E-state index in [9.17, 15) is 13.2 Å². The Balaban J connectivity index is 3.24. The van der Waals surface area contributed by atoms with Crippen LogP contribution in [0.25, 0.3) is 0 Å². The lowest BCUT2D eigenvalue weighted by Gasteiger charge is -2.45. The standard InChI is InChI=1S/C18H30O4S2/c1-7-8-17(19)13-23(14(2)3,15(4)5)22-24(20,21)18-11-9-16(6)10-12-18/h9-12,14-15H,7-8,13H2,1-6H3. The minimum absolute atomic E-state index is 0.0291. The number of rotatable bonds is 9. The van der Waals surface area contributed by atoms with Crippen molar-refractivity contribution in [3.63, 3.8) is 0 Å². The van der Waals surface area contributed by atoms with Crippen molar-refractivity contribution >= 4 is 26.2 Å². The molecule has 138 valence electrons. The Morgan fingerprint density at radius 2 is 1.54 bits per heavy atom. The van der Waals surface area contributed by atoms with Gasteiger partial charge in [-0.05, 0) is 25.5 Å². The molecule has 6 heteroatoms. The van der Waals surface area contributed by atoms with E-state index in [1.54, 1.807) is 24.3 Å². The van der Waals surface area contributed by atoms with Gasteiger partial charge in [0.2, 0.25) is 0 Å². The molecule has 0 aromatic heterocycles. The van der Waals surface area contributed by atoms with Crippen molar-refractivity contribution in [2.45, 2.75) is 69.8 Å². The summed E-state index contributed by atoms with van der Waals surface area (Å²) in [4.78, 5) is 12.4. The topological polar surface area (TPSA) is 60.4 Å². The van der Waals surface area contributed by atoms with Crippen molar-refractivity contribution in [3.05, 3.63) is 29.8 Å². The molecular weight excluding hydrogens is 344 g/mol. The predicted octanol–water partition coefficient (Wildman–Crippen LogP) is 4.61. The van der Waals surface area contributed by atoms with E-state index in [0.29, 0.717) is 6.42 Å². The van der Waals surface area contributed by atoms with Gasteiger partial charge in [0.15, 0.2) is 0 Å². The van der Waals surface area contributed by atoms with E-state index in [4.69, 9.17) is 3.63 Å². The SMILES string of the molecule is CCCC(=O)CS(OS(=O)(=O)c1ccc(C)cc1)(C(C)C)C(C)C. The quantitative estimate of drug-likeness (QED) is 0.633. The Bertz CT molecular complexity index is 638. The van der Waals surface area contributed by atoms with Crippen LogP contribution in [0.3, 0.4) is 0 Å². The summed E-state index contributed by atoms with van der Waals surface area (Å²) < 4.78 is 31.4. The number of ketones is 1. The smallest absolute Gasteiger partial charge is 0.299 e. The van der Waals surface area contributed by atoms with Crippen molar-refractivity contribution < 1.29 is 16.8 Å². The molecule has 0 spiro atoms. The van der Waals surface area contributed by atoms with Gasteiger partial charge in [0, 0.05) is 16.9 Å². The van der Waals surface area contributed by atoms with Crippen LogP contribution in [0.4, 0.5) is 0 Å². The lowest BCUT2D eigenvalue weighted by Crippen LogP contribution is -2.32. The number of benzene rings is 1. The van der Waals surface area contributed by atoms with Gasteiger partial charge in [-0.25, -0.2) is 3.63 Å². The summed E-state index contributed by atoms with van der Waals surface area (Å²) in [5, 5.41) is -0.0583. The summed E-state index contributed by atoms with van der Waals surface area (Å²) in [6, 6.07) is 6.62. The van der Waals surface area contributed by atoms with E-state index in [-0.39, 0.29) is 26.9 Å². The summed E-state index contributed by atoms with van der Waals surface area (Å²) in [7, 11) is -6.01.